The van der Waals surface area contributed by atoms with Crippen molar-refractivity contribution in [2.45, 2.75) is 63.5 Å². The molecule has 2 fully saturated rings. The molecule has 0 radical (unpaired) electrons. The van der Waals surface area contributed by atoms with Crippen LogP contribution >= 0.6 is 0 Å². The second kappa shape index (κ2) is 11.5. The van der Waals surface area contributed by atoms with Gasteiger partial charge in [-0.25, -0.2) is 4.98 Å². The van der Waals surface area contributed by atoms with Crippen molar-refractivity contribution in [3.8, 4) is 5.75 Å². The van der Waals surface area contributed by atoms with Gasteiger partial charge in [0.2, 0.25) is 5.95 Å². The average Bonchev–Trinajstić information content (AvgIpc) is 3.46. The van der Waals surface area contributed by atoms with Crippen LogP contribution in [0.5, 0.6) is 5.75 Å². The summed E-state index contributed by atoms with van der Waals surface area (Å²) < 4.78 is 35.6. The molecule has 1 aliphatic carbocycles. The Kier molecular flexibility index (Phi) is 8.07. The van der Waals surface area contributed by atoms with Crippen LogP contribution in [0.4, 0.5) is 31.9 Å². The van der Waals surface area contributed by atoms with Crippen LogP contribution in [0.25, 0.3) is 0 Å². The summed E-state index contributed by atoms with van der Waals surface area (Å²) in [4.78, 5) is 39.2. The minimum absolute atomic E-state index is 0.130. The van der Waals surface area contributed by atoms with Gasteiger partial charge in [-0.15, -0.1) is 0 Å². The van der Waals surface area contributed by atoms with Crippen LogP contribution < -0.4 is 25.2 Å². The fourth-order valence-electron chi connectivity index (χ4n) is 5.69. The third-order valence-corrected chi connectivity index (χ3v) is 7.98. The Balaban J connectivity index is 1.40. The Bertz CT molecular complexity index is 1250. The normalized spacial score (nSPS) is 20.3. The highest BCUT2D eigenvalue weighted by Gasteiger charge is 2.48. The van der Waals surface area contributed by atoms with Gasteiger partial charge in [-0.2, -0.15) is 13.8 Å². The van der Waals surface area contributed by atoms with Crippen LogP contribution in [0.3, 0.4) is 0 Å². The van der Waals surface area contributed by atoms with Crippen molar-refractivity contribution in [1.29, 1.82) is 0 Å². The third-order valence-electron chi connectivity index (χ3n) is 7.98. The van der Waals surface area contributed by atoms with E-state index in [0.717, 1.165) is 56.5 Å². The number of carbonyl (C=O) groups excluding carboxylic acids is 2. The number of fused-ring (bicyclic) bond motifs is 1. The third kappa shape index (κ3) is 5.81. The van der Waals surface area contributed by atoms with E-state index in [2.05, 4.69) is 32.5 Å². The predicted molar refractivity (Wildman–Crippen MR) is 149 cm³/mol. The minimum atomic E-state index is -3.54. The van der Waals surface area contributed by atoms with Crippen LogP contribution in [0.15, 0.2) is 24.4 Å². The Morgan fingerprint density at radius 2 is 1.88 bits per heavy atom. The molecule has 0 unspecified atom stereocenters. The molecule has 10 nitrogen and oxygen atoms in total. The van der Waals surface area contributed by atoms with Gasteiger partial charge in [0.25, 0.3) is 11.8 Å². The fourth-order valence-corrected chi connectivity index (χ4v) is 5.69. The number of alkyl halides is 2. The number of hydrogen-bond donors (Lipinski definition) is 2. The monoisotopic (exact) mass is 557 g/mol. The van der Waals surface area contributed by atoms with E-state index in [1.165, 1.54) is 13.2 Å². The molecule has 40 heavy (non-hydrogen) atoms. The Morgan fingerprint density at radius 3 is 2.58 bits per heavy atom. The number of piperidine rings is 1. The largest absolute Gasteiger partial charge is 0.492 e. The molecule has 3 aliphatic rings. The standard InChI is InChI=1S/C28H37F2N7O3/c1-4-40-23-15-18(25(38)32-19-11-13-35(2)14-12-19)9-10-21(23)33-27-31-16-22-24(34-27)37(20-7-5-6-8-20)17-28(29,30)26(39)36(22)3/h9-10,15-16,19-20H,4-8,11-14,17H2,1-3H3,(H,32,38)(H,31,33,34). The Labute approximate surface area is 233 Å². The SMILES string of the molecule is CCOc1cc(C(=O)NC2CCN(C)CC2)ccc1Nc1ncc2c(n1)N(C1CCCC1)CC(F)(F)C(=O)N2C. The molecule has 216 valence electrons. The van der Waals surface area contributed by atoms with Gasteiger partial charge in [-0.3, -0.25) is 9.59 Å². The summed E-state index contributed by atoms with van der Waals surface area (Å²) in [5.74, 6) is -4.06. The number of amides is 2. The fraction of sp³-hybridized carbons (Fsp3) is 0.571. The number of carbonyl (C=O) groups is 2. The van der Waals surface area contributed by atoms with Gasteiger partial charge in [0.1, 0.15) is 11.4 Å². The molecule has 1 saturated heterocycles. The van der Waals surface area contributed by atoms with E-state index in [9.17, 15) is 18.4 Å². The van der Waals surface area contributed by atoms with Crippen molar-refractivity contribution in [3.63, 3.8) is 0 Å². The molecular formula is C28H37F2N7O3. The molecule has 2 aliphatic heterocycles. The van der Waals surface area contributed by atoms with E-state index >= 15 is 0 Å². The van der Waals surface area contributed by atoms with Gasteiger partial charge in [-0.1, -0.05) is 12.8 Å². The summed E-state index contributed by atoms with van der Waals surface area (Å²) in [7, 11) is 3.40. The maximum Gasteiger partial charge on any atom is 0.342 e. The van der Waals surface area contributed by atoms with Crippen LogP contribution in [0.2, 0.25) is 0 Å². The van der Waals surface area contributed by atoms with E-state index in [1.54, 1.807) is 23.1 Å². The zero-order valence-corrected chi connectivity index (χ0v) is 23.3. The molecule has 12 heteroatoms. The molecule has 1 aromatic heterocycles. The smallest absolute Gasteiger partial charge is 0.342 e. The van der Waals surface area contributed by atoms with Crippen molar-refractivity contribution >= 4 is 35.0 Å². The average molecular weight is 558 g/mol. The van der Waals surface area contributed by atoms with Gasteiger partial charge in [0.05, 0.1) is 25.0 Å². The molecule has 0 atom stereocenters. The summed E-state index contributed by atoms with van der Waals surface area (Å²) >= 11 is 0. The van der Waals surface area contributed by atoms with Gasteiger partial charge in [0.15, 0.2) is 5.82 Å². The van der Waals surface area contributed by atoms with Crippen molar-refractivity contribution in [2.24, 2.45) is 0 Å². The zero-order chi connectivity index (χ0) is 28.4. The topological polar surface area (TPSA) is 103 Å². The van der Waals surface area contributed by atoms with Gasteiger partial charge < -0.3 is 30.1 Å². The van der Waals surface area contributed by atoms with Crippen LogP contribution in [-0.2, 0) is 4.79 Å². The maximum absolute atomic E-state index is 14.9. The van der Waals surface area contributed by atoms with Crippen molar-refractivity contribution < 1.29 is 23.1 Å². The number of nitrogens with zero attached hydrogens (tertiary/aromatic N) is 5. The van der Waals surface area contributed by atoms with Crippen LogP contribution in [0, 0.1) is 0 Å². The lowest BCUT2D eigenvalue weighted by atomic mass is 10.0. The molecule has 0 bridgehead atoms. The molecule has 2 N–H and O–H groups in total. The summed E-state index contributed by atoms with van der Waals surface area (Å²) in [6.45, 7) is 3.38. The quantitative estimate of drug-likeness (QED) is 0.530. The number of anilines is 4. The van der Waals surface area contributed by atoms with E-state index in [4.69, 9.17) is 4.74 Å². The second-order valence-electron chi connectivity index (χ2n) is 10.9. The highest BCUT2D eigenvalue weighted by Crippen LogP contribution is 2.40. The zero-order valence-electron chi connectivity index (χ0n) is 23.3. The number of hydrogen-bond acceptors (Lipinski definition) is 8. The van der Waals surface area contributed by atoms with E-state index in [0.29, 0.717) is 29.4 Å². The van der Waals surface area contributed by atoms with Gasteiger partial charge >= 0.3 is 5.92 Å². The summed E-state index contributed by atoms with van der Waals surface area (Å²) in [5.41, 5.74) is 1.25. The first-order valence-electron chi connectivity index (χ1n) is 14.0. The number of rotatable bonds is 7. The highest BCUT2D eigenvalue weighted by molar-refractivity contribution is 6.02. The van der Waals surface area contributed by atoms with Crippen molar-refractivity contribution in [2.75, 3.05) is 55.5 Å². The molecule has 2 aromatic rings. The molecule has 1 aromatic carbocycles. The van der Waals surface area contributed by atoms with Crippen LogP contribution in [-0.4, -0.2) is 85.0 Å². The van der Waals surface area contributed by atoms with Crippen LogP contribution in [0.1, 0.15) is 55.8 Å². The Morgan fingerprint density at radius 1 is 1.15 bits per heavy atom. The van der Waals surface area contributed by atoms with Crippen molar-refractivity contribution in [3.05, 3.63) is 30.0 Å². The number of likely N-dealkylation sites (tertiary alicyclic amines) is 1. The lowest BCUT2D eigenvalue weighted by Crippen LogP contribution is -2.48. The summed E-state index contributed by atoms with van der Waals surface area (Å²) in [6.07, 6.45) is 6.61. The first kappa shape index (κ1) is 28.0. The molecule has 5 rings (SSSR count). The second-order valence-corrected chi connectivity index (χ2v) is 10.9. The highest BCUT2D eigenvalue weighted by atomic mass is 19.3. The number of benzene rings is 1. The number of halogens is 2. The number of ether oxygens (including phenoxy) is 1. The minimum Gasteiger partial charge on any atom is -0.492 e. The lowest BCUT2D eigenvalue weighted by Gasteiger charge is -2.31. The first-order valence-corrected chi connectivity index (χ1v) is 14.0. The van der Waals surface area contributed by atoms with Gasteiger partial charge in [0, 0.05) is 24.7 Å². The number of nitrogens with one attached hydrogen (secondary N) is 2. The lowest BCUT2D eigenvalue weighted by molar-refractivity contribution is -0.140. The maximum atomic E-state index is 14.9. The van der Waals surface area contributed by atoms with Crippen molar-refractivity contribution in [1.82, 2.24) is 20.2 Å². The first-order chi connectivity index (χ1) is 19.2. The van der Waals surface area contributed by atoms with E-state index < -0.39 is 18.4 Å². The molecule has 0 spiro atoms. The van der Waals surface area contributed by atoms with E-state index in [1.807, 2.05) is 6.92 Å². The number of aromatic nitrogens is 2. The summed E-state index contributed by atoms with van der Waals surface area (Å²) in [6, 6.07) is 5.11. The molecule has 1 saturated carbocycles. The molecule has 3 heterocycles. The van der Waals surface area contributed by atoms with Gasteiger partial charge in [-0.05, 0) is 70.9 Å². The molecular weight excluding hydrogens is 520 g/mol. The predicted octanol–water partition coefficient (Wildman–Crippen LogP) is 3.80. The molecule has 2 amide bonds. The summed E-state index contributed by atoms with van der Waals surface area (Å²) in [5, 5.41) is 6.25. The Hall–Kier alpha value is -3.54. The van der Waals surface area contributed by atoms with E-state index in [-0.39, 0.29) is 29.6 Å².